The third kappa shape index (κ3) is 3.42. The van der Waals surface area contributed by atoms with Gasteiger partial charge in [-0.15, -0.1) is 11.8 Å². The molecule has 1 N–H and O–H groups in total. The fraction of sp³-hybridized carbons (Fsp3) is 0.846. The van der Waals surface area contributed by atoms with Crippen molar-refractivity contribution in [1.82, 2.24) is 4.90 Å². The van der Waals surface area contributed by atoms with E-state index in [-0.39, 0.29) is 17.2 Å². The van der Waals surface area contributed by atoms with Crippen molar-refractivity contribution in [3.05, 3.63) is 0 Å². The zero-order valence-corrected chi connectivity index (χ0v) is 12.2. The van der Waals surface area contributed by atoms with Crippen LogP contribution in [0, 0.1) is 11.8 Å². The largest absolute Gasteiger partial charge is 0.480 e. The van der Waals surface area contributed by atoms with Gasteiger partial charge in [-0.3, -0.25) is 4.79 Å². The molecule has 1 aliphatic heterocycles. The highest BCUT2D eigenvalue weighted by atomic mass is 32.2. The number of hydrogen-bond donors (Lipinski definition) is 1. The predicted molar refractivity (Wildman–Crippen MR) is 72.9 cm³/mol. The Bertz CT molecular complexity index is 359. The molecule has 3 atom stereocenters. The van der Waals surface area contributed by atoms with E-state index in [9.17, 15) is 14.7 Å². The van der Waals surface area contributed by atoms with Crippen LogP contribution in [0.2, 0.25) is 0 Å². The summed E-state index contributed by atoms with van der Waals surface area (Å²) in [5, 5.41) is 9.33. The van der Waals surface area contributed by atoms with Crippen LogP contribution in [-0.2, 0) is 14.3 Å². The van der Waals surface area contributed by atoms with Gasteiger partial charge in [-0.1, -0.05) is 6.92 Å². The highest BCUT2D eigenvalue weighted by molar-refractivity contribution is 8.00. The number of carboxylic acid groups (broad SMARTS) is 1. The van der Waals surface area contributed by atoms with Crippen molar-refractivity contribution in [2.24, 2.45) is 11.8 Å². The van der Waals surface area contributed by atoms with Gasteiger partial charge in [0.15, 0.2) is 0 Å². The van der Waals surface area contributed by atoms with E-state index in [1.165, 1.54) is 0 Å². The van der Waals surface area contributed by atoms with Crippen molar-refractivity contribution in [2.45, 2.75) is 37.6 Å². The number of thioether (sulfide) groups is 1. The molecule has 1 saturated carbocycles. The van der Waals surface area contributed by atoms with Crippen molar-refractivity contribution in [1.29, 1.82) is 0 Å². The average molecular weight is 287 g/mol. The highest BCUT2D eigenvalue weighted by Gasteiger charge is 2.47. The van der Waals surface area contributed by atoms with Gasteiger partial charge in [0.1, 0.15) is 6.04 Å². The second-order valence-corrected chi connectivity index (χ2v) is 6.63. The first kappa shape index (κ1) is 14.7. The highest BCUT2D eigenvalue weighted by Crippen LogP contribution is 2.45. The fourth-order valence-corrected chi connectivity index (χ4v) is 4.18. The van der Waals surface area contributed by atoms with E-state index >= 15 is 0 Å². The number of carbonyl (C=O) groups excluding carboxylic acids is 1. The molecule has 3 unspecified atom stereocenters. The second-order valence-electron chi connectivity index (χ2n) is 5.48. The summed E-state index contributed by atoms with van der Waals surface area (Å²) in [5.74, 6) is 0.205. The maximum absolute atomic E-state index is 12.4. The number of rotatable bonds is 6. The molecule has 2 rings (SSSR count). The van der Waals surface area contributed by atoms with Gasteiger partial charge in [-0.25, -0.2) is 4.79 Å². The van der Waals surface area contributed by atoms with Crippen LogP contribution in [0.3, 0.4) is 0 Å². The summed E-state index contributed by atoms with van der Waals surface area (Å²) in [6.07, 6.45) is 2.59. The van der Waals surface area contributed by atoms with E-state index < -0.39 is 12.0 Å². The Balaban J connectivity index is 2.03. The Kier molecular flexibility index (Phi) is 4.73. The number of ether oxygens (including phenoxy) is 1. The van der Waals surface area contributed by atoms with Crippen LogP contribution in [-0.4, -0.2) is 52.8 Å². The van der Waals surface area contributed by atoms with Crippen LogP contribution in [0.4, 0.5) is 0 Å². The zero-order valence-electron chi connectivity index (χ0n) is 11.4. The molecule has 0 radical (unpaired) electrons. The van der Waals surface area contributed by atoms with E-state index in [0.29, 0.717) is 24.7 Å². The minimum absolute atomic E-state index is 0.0427. The number of carboxylic acids is 1. The lowest BCUT2D eigenvalue weighted by molar-refractivity contribution is -0.149. The van der Waals surface area contributed by atoms with E-state index in [1.807, 2.05) is 6.92 Å². The first-order valence-corrected chi connectivity index (χ1v) is 7.74. The number of hydrogen-bond acceptors (Lipinski definition) is 4. The maximum Gasteiger partial charge on any atom is 0.327 e. The van der Waals surface area contributed by atoms with E-state index in [0.717, 1.165) is 12.8 Å². The normalized spacial score (nSPS) is 28.4. The molecular formula is C13H21NO4S. The molecule has 0 aromatic heterocycles. The molecule has 1 saturated heterocycles. The maximum atomic E-state index is 12.4. The standard InChI is InChI=1S/C13H21NO4S/c1-8(6-18-2)5-11(15)14-10(13(16)17)7-19-12(14)9-3-4-9/h8-10,12H,3-7H2,1-2H3,(H,16,17). The second kappa shape index (κ2) is 6.13. The fourth-order valence-electron chi connectivity index (χ4n) is 2.53. The summed E-state index contributed by atoms with van der Waals surface area (Å²) in [6, 6.07) is -0.655. The van der Waals surface area contributed by atoms with Gasteiger partial charge < -0.3 is 14.7 Å². The SMILES string of the molecule is COCC(C)CC(=O)N1C(C(=O)O)CSC1C1CC1. The van der Waals surface area contributed by atoms with Crippen molar-refractivity contribution in [3.8, 4) is 0 Å². The van der Waals surface area contributed by atoms with Crippen LogP contribution in [0.5, 0.6) is 0 Å². The lowest BCUT2D eigenvalue weighted by Crippen LogP contribution is -2.46. The third-order valence-corrected chi connectivity index (χ3v) is 5.07. The molecule has 0 bridgehead atoms. The molecule has 6 heteroatoms. The molecule has 0 spiro atoms. The van der Waals surface area contributed by atoms with Gasteiger partial charge in [-0.2, -0.15) is 0 Å². The molecule has 1 aliphatic carbocycles. The van der Waals surface area contributed by atoms with Gasteiger partial charge in [-0.05, 0) is 24.7 Å². The summed E-state index contributed by atoms with van der Waals surface area (Å²) < 4.78 is 5.04. The molecule has 2 fully saturated rings. The van der Waals surface area contributed by atoms with Crippen LogP contribution < -0.4 is 0 Å². The number of carbonyl (C=O) groups is 2. The molecule has 19 heavy (non-hydrogen) atoms. The molecule has 2 aliphatic rings. The summed E-state index contributed by atoms with van der Waals surface area (Å²) in [6.45, 7) is 2.48. The molecule has 0 aromatic rings. The lowest BCUT2D eigenvalue weighted by atomic mass is 10.1. The average Bonchev–Trinajstić information content (AvgIpc) is 3.07. The van der Waals surface area contributed by atoms with Gasteiger partial charge in [0.2, 0.25) is 5.91 Å². The Morgan fingerprint density at radius 2 is 2.16 bits per heavy atom. The monoisotopic (exact) mass is 287 g/mol. The molecule has 0 aromatic carbocycles. The number of amides is 1. The Morgan fingerprint density at radius 3 is 2.68 bits per heavy atom. The van der Waals surface area contributed by atoms with Crippen LogP contribution in [0.1, 0.15) is 26.2 Å². The van der Waals surface area contributed by atoms with Crippen molar-refractivity contribution < 1.29 is 19.4 Å². The summed E-state index contributed by atoms with van der Waals surface area (Å²) in [5.41, 5.74) is 0. The summed E-state index contributed by atoms with van der Waals surface area (Å²) >= 11 is 1.62. The van der Waals surface area contributed by atoms with E-state index in [4.69, 9.17) is 4.74 Å². The Morgan fingerprint density at radius 1 is 1.47 bits per heavy atom. The van der Waals surface area contributed by atoms with Gasteiger partial charge >= 0.3 is 5.97 Å². The van der Waals surface area contributed by atoms with Crippen LogP contribution in [0.15, 0.2) is 0 Å². The smallest absolute Gasteiger partial charge is 0.327 e. The van der Waals surface area contributed by atoms with Crippen molar-refractivity contribution in [2.75, 3.05) is 19.5 Å². The summed E-state index contributed by atoms with van der Waals surface area (Å²) in [4.78, 5) is 25.3. The molecule has 1 heterocycles. The predicted octanol–water partition coefficient (Wildman–Crippen LogP) is 1.42. The van der Waals surface area contributed by atoms with Gasteiger partial charge in [0.25, 0.3) is 0 Å². The Hall–Kier alpha value is -0.750. The molecular weight excluding hydrogens is 266 g/mol. The van der Waals surface area contributed by atoms with Crippen molar-refractivity contribution >= 4 is 23.6 Å². The van der Waals surface area contributed by atoms with Crippen LogP contribution in [0.25, 0.3) is 0 Å². The molecule has 108 valence electrons. The number of aliphatic carboxylic acids is 1. The minimum atomic E-state index is -0.886. The van der Waals surface area contributed by atoms with Crippen LogP contribution >= 0.6 is 11.8 Å². The first-order chi connectivity index (χ1) is 9.04. The number of nitrogens with zero attached hydrogens (tertiary/aromatic N) is 1. The third-order valence-electron chi connectivity index (χ3n) is 3.61. The first-order valence-electron chi connectivity index (χ1n) is 6.69. The van der Waals surface area contributed by atoms with Gasteiger partial charge in [0, 0.05) is 25.9 Å². The van der Waals surface area contributed by atoms with E-state index in [1.54, 1.807) is 23.8 Å². The zero-order chi connectivity index (χ0) is 14.0. The molecule has 1 amide bonds. The lowest BCUT2D eigenvalue weighted by Gasteiger charge is -2.28. The quantitative estimate of drug-likeness (QED) is 0.800. The number of methoxy groups -OCH3 is 1. The summed E-state index contributed by atoms with van der Waals surface area (Å²) in [7, 11) is 1.61. The molecule has 5 nitrogen and oxygen atoms in total. The topological polar surface area (TPSA) is 66.8 Å². The Labute approximate surface area is 117 Å². The van der Waals surface area contributed by atoms with Crippen molar-refractivity contribution in [3.63, 3.8) is 0 Å². The van der Waals surface area contributed by atoms with Gasteiger partial charge in [0.05, 0.1) is 5.37 Å². The minimum Gasteiger partial charge on any atom is -0.480 e. The van der Waals surface area contributed by atoms with E-state index in [2.05, 4.69) is 0 Å².